The smallest absolute Gasteiger partial charge is 0.107 e. The molecule has 0 spiro atoms. The maximum Gasteiger partial charge on any atom is 0.107 e. The fraction of sp³-hybridized carbons (Fsp3) is 1.00. The molecule has 0 aromatic heterocycles. The van der Waals surface area contributed by atoms with Crippen LogP contribution in [0.3, 0.4) is 0 Å². The maximum absolute atomic E-state index is 11.4. The van der Waals surface area contributed by atoms with Crippen LogP contribution in [0.2, 0.25) is 0 Å². The van der Waals surface area contributed by atoms with Gasteiger partial charge in [0.2, 0.25) is 0 Å². The molecule has 0 saturated carbocycles. The first-order valence-electron chi connectivity index (χ1n) is 2.11. The van der Waals surface area contributed by atoms with E-state index in [4.69, 9.17) is 5.73 Å². The van der Waals surface area contributed by atoms with E-state index in [9.17, 15) is 4.39 Å². The van der Waals surface area contributed by atoms with Crippen LogP contribution in [0.4, 0.5) is 4.39 Å². The summed E-state index contributed by atoms with van der Waals surface area (Å²) in [6.07, 6.45) is 0. The van der Waals surface area contributed by atoms with Crippen molar-refractivity contribution in [3.8, 4) is 0 Å². The molecule has 0 aliphatic heterocycles. The van der Waals surface area contributed by atoms with E-state index in [-0.39, 0.29) is 12.4 Å². The van der Waals surface area contributed by atoms with Crippen LogP contribution in [-0.2, 0) is 4.74 Å². The van der Waals surface area contributed by atoms with Gasteiger partial charge >= 0.3 is 0 Å². The minimum atomic E-state index is -0.506. The third kappa shape index (κ3) is 6.14. The van der Waals surface area contributed by atoms with Crippen molar-refractivity contribution in [3.63, 3.8) is 0 Å². The number of ether oxygens (including phenoxy) is 1. The quantitative estimate of drug-likeness (QED) is 0.619. The number of hydrogen-bond donors (Lipinski definition) is 1. The standard InChI is InChI=1S/C4H10FNO.ClH/c1-7-3-4(6)2-5;/h4H,2-3,6H2,1H3;1H/t4-;/m0./s1. The second kappa shape index (κ2) is 7.14. The van der Waals surface area contributed by atoms with Crippen molar-refractivity contribution in [1.29, 1.82) is 0 Å². The summed E-state index contributed by atoms with van der Waals surface area (Å²) in [7, 11) is 1.50. The zero-order valence-electron chi connectivity index (χ0n) is 4.76. The van der Waals surface area contributed by atoms with Gasteiger partial charge in [0, 0.05) is 7.11 Å². The van der Waals surface area contributed by atoms with Crippen LogP contribution in [0.1, 0.15) is 0 Å². The Hall–Kier alpha value is 0.140. The Morgan fingerprint density at radius 1 is 1.75 bits per heavy atom. The predicted octanol–water partition coefficient (Wildman–Crippen LogP) is 0.351. The SMILES string of the molecule is COC[C@@H](N)CF.Cl. The summed E-state index contributed by atoms with van der Waals surface area (Å²) < 4.78 is 15.9. The third-order valence-electron chi connectivity index (χ3n) is 0.579. The summed E-state index contributed by atoms with van der Waals surface area (Å²) >= 11 is 0. The first-order valence-corrected chi connectivity index (χ1v) is 2.11. The lowest BCUT2D eigenvalue weighted by molar-refractivity contribution is 0.168. The molecule has 0 aromatic rings. The fourth-order valence-corrected chi connectivity index (χ4v) is 0.259. The van der Waals surface area contributed by atoms with Crippen molar-refractivity contribution in [2.24, 2.45) is 5.73 Å². The highest BCUT2D eigenvalue weighted by atomic mass is 35.5. The summed E-state index contributed by atoms with van der Waals surface area (Å²) in [6.45, 7) is -0.204. The molecule has 1 atom stereocenters. The number of nitrogens with two attached hydrogens (primary N) is 1. The topological polar surface area (TPSA) is 35.2 Å². The normalized spacial score (nSPS) is 12.4. The van der Waals surface area contributed by atoms with Gasteiger partial charge in [-0.25, -0.2) is 4.39 Å². The number of methoxy groups -OCH3 is 1. The van der Waals surface area contributed by atoms with Gasteiger partial charge in [0.15, 0.2) is 0 Å². The second-order valence-electron chi connectivity index (χ2n) is 1.37. The van der Waals surface area contributed by atoms with E-state index in [0.29, 0.717) is 6.61 Å². The van der Waals surface area contributed by atoms with Crippen LogP contribution in [0, 0.1) is 0 Å². The number of rotatable bonds is 3. The van der Waals surface area contributed by atoms with Crippen LogP contribution in [0.25, 0.3) is 0 Å². The van der Waals surface area contributed by atoms with Crippen molar-refractivity contribution in [1.82, 2.24) is 0 Å². The van der Waals surface area contributed by atoms with Gasteiger partial charge in [-0.2, -0.15) is 0 Å². The summed E-state index contributed by atoms with van der Waals surface area (Å²) in [6, 6.07) is -0.440. The molecule has 0 aliphatic carbocycles. The van der Waals surface area contributed by atoms with Gasteiger partial charge in [0.05, 0.1) is 12.6 Å². The number of hydrogen-bond acceptors (Lipinski definition) is 2. The van der Waals surface area contributed by atoms with Crippen molar-refractivity contribution >= 4 is 12.4 Å². The summed E-state index contributed by atoms with van der Waals surface area (Å²) in [4.78, 5) is 0. The Morgan fingerprint density at radius 2 is 2.25 bits per heavy atom. The van der Waals surface area contributed by atoms with E-state index >= 15 is 0 Å². The molecular weight excluding hydrogens is 133 g/mol. The molecule has 0 unspecified atom stereocenters. The van der Waals surface area contributed by atoms with Crippen molar-refractivity contribution < 1.29 is 9.13 Å². The lowest BCUT2D eigenvalue weighted by atomic mass is 10.4. The van der Waals surface area contributed by atoms with Gasteiger partial charge in [-0.05, 0) is 0 Å². The largest absolute Gasteiger partial charge is 0.383 e. The van der Waals surface area contributed by atoms with Gasteiger partial charge < -0.3 is 10.5 Å². The van der Waals surface area contributed by atoms with Gasteiger partial charge in [-0.3, -0.25) is 0 Å². The minimum absolute atomic E-state index is 0. The van der Waals surface area contributed by atoms with Crippen LogP contribution in [0.15, 0.2) is 0 Å². The summed E-state index contributed by atoms with van der Waals surface area (Å²) in [5.41, 5.74) is 5.08. The zero-order chi connectivity index (χ0) is 5.70. The molecule has 4 heteroatoms. The molecule has 0 rings (SSSR count). The van der Waals surface area contributed by atoms with E-state index in [2.05, 4.69) is 4.74 Å². The molecule has 0 bridgehead atoms. The molecule has 0 aromatic carbocycles. The molecule has 0 heterocycles. The van der Waals surface area contributed by atoms with Crippen molar-refractivity contribution in [3.05, 3.63) is 0 Å². The Balaban J connectivity index is 0. The monoisotopic (exact) mass is 143 g/mol. The van der Waals surface area contributed by atoms with Gasteiger partial charge in [-0.15, -0.1) is 12.4 Å². The summed E-state index contributed by atoms with van der Waals surface area (Å²) in [5.74, 6) is 0. The minimum Gasteiger partial charge on any atom is -0.383 e. The molecule has 0 saturated heterocycles. The van der Waals surface area contributed by atoms with Crippen molar-refractivity contribution in [2.75, 3.05) is 20.4 Å². The molecular formula is C4H11ClFNO. The van der Waals surface area contributed by atoms with Gasteiger partial charge in [0.1, 0.15) is 6.67 Å². The molecule has 0 amide bonds. The first kappa shape index (κ1) is 11.0. The Bertz CT molecular complexity index is 47.0. The second-order valence-corrected chi connectivity index (χ2v) is 1.37. The summed E-state index contributed by atoms with van der Waals surface area (Å²) in [5, 5.41) is 0. The van der Waals surface area contributed by atoms with E-state index in [1.807, 2.05) is 0 Å². The lowest BCUT2D eigenvalue weighted by Crippen LogP contribution is -2.27. The predicted molar refractivity (Wildman–Crippen MR) is 33.1 cm³/mol. The van der Waals surface area contributed by atoms with Crippen molar-refractivity contribution in [2.45, 2.75) is 6.04 Å². The molecule has 0 fully saturated rings. The molecule has 2 N–H and O–H groups in total. The molecule has 2 nitrogen and oxygen atoms in total. The number of alkyl halides is 1. The molecule has 8 heavy (non-hydrogen) atoms. The van der Waals surface area contributed by atoms with Gasteiger partial charge in [0.25, 0.3) is 0 Å². The molecule has 0 aliphatic rings. The van der Waals surface area contributed by atoms with E-state index in [1.54, 1.807) is 0 Å². The number of halogens is 2. The Labute approximate surface area is 54.6 Å². The van der Waals surface area contributed by atoms with Crippen LogP contribution in [-0.4, -0.2) is 26.4 Å². The average molecular weight is 144 g/mol. The maximum atomic E-state index is 11.4. The van der Waals surface area contributed by atoms with Crippen LogP contribution in [0.5, 0.6) is 0 Å². The lowest BCUT2D eigenvalue weighted by Gasteiger charge is -2.01. The van der Waals surface area contributed by atoms with Gasteiger partial charge in [-0.1, -0.05) is 0 Å². The average Bonchev–Trinajstić information content (AvgIpc) is 1.68. The zero-order valence-corrected chi connectivity index (χ0v) is 5.58. The van der Waals surface area contributed by atoms with Crippen LogP contribution < -0.4 is 5.73 Å². The Morgan fingerprint density at radius 3 is 2.38 bits per heavy atom. The highest BCUT2D eigenvalue weighted by Crippen LogP contribution is 1.78. The third-order valence-corrected chi connectivity index (χ3v) is 0.579. The van der Waals surface area contributed by atoms with E-state index in [1.165, 1.54) is 7.11 Å². The highest BCUT2D eigenvalue weighted by Gasteiger charge is 1.96. The highest BCUT2D eigenvalue weighted by molar-refractivity contribution is 5.85. The Kier molecular flexibility index (Phi) is 9.82. The first-order chi connectivity index (χ1) is 3.31. The van der Waals surface area contributed by atoms with E-state index < -0.39 is 12.7 Å². The molecule has 0 radical (unpaired) electrons. The van der Waals surface area contributed by atoms with Crippen LogP contribution >= 0.6 is 12.4 Å². The van der Waals surface area contributed by atoms with E-state index in [0.717, 1.165) is 0 Å². The fourth-order valence-electron chi connectivity index (χ4n) is 0.259. The molecule has 52 valence electrons.